The molecule has 2 unspecified atom stereocenters. The Hall–Kier alpha value is -0.130. The summed E-state index contributed by atoms with van der Waals surface area (Å²) in [7, 11) is -2.93. The molecule has 0 aromatic rings. The lowest BCUT2D eigenvalue weighted by atomic mass is 10.1. The van der Waals surface area contributed by atoms with Gasteiger partial charge in [0.05, 0.1) is 11.9 Å². The normalized spacial score (nSPS) is 16.7. The van der Waals surface area contributed by atoms with Crippen molar-refractivity contribution in [3.8, 4) is 0 Å². The van der Waals surface area contributed by atoms with Crippen LogP contribution >= 0.6 is 0 Å². The summed E-state index contributed by atoms with van der Waals surface area (Å²) in [6, 6.07) is -0.108. The summed E-state index contributed by atoms with van der Waals surface area (Å²) in [5.41, 5.74) is 0. The van der Waals surface area contributed by atoms with Crippen LogP contribution in [0, 0.1) is 5.92 Å². The Morgan fingerprint density at radius 2 is 1.80 bits per heavy atom. The van der Waals surface area contributed by atoms with Crippen LogP contribution in [0.4, 0.5) is 0 Å². The van der Waals surface area contributed by atoms with Crippen molar-refractivity contribution in [2.45, 2.75) is 39.8 Å². The smallest absolute Gasteiger partial charge is 0.151 e. The largest absolute Gasteiger partial charge is 0.392 e. The Morgan fingerprint density at radius 3 is 2.20 bits per heavy atom. The van der Waals surface area contributed by atoms with Crippen molar-refractivity contribution in [1.82, 2.24) is 5.32 Å². The van der Waals surface area contributed by atoms with Crippen molar-refractivity contribution in [2.75, 3.05) is 18.1 Å². The molecule has 4 nitrogen and oxygen atoms in total. The highest BCUT2D eigenvalue weighted by Gasteiger charge is 2.15. The molecule has 0 aliphatic carbocycles. The quantitative estimate of drug-likeness (QED) is 0.673. The van der Waals surface area contributed by atoms with Crippen molar-refractivity contribution in [2.24, 2.45) is 5.92 Å². The van der Waals surface area contributed by atoms with Crippen LogP contribution < -0.4 is 5.32 Å². The Bertz CT molecular complexity index is 262. The fraction of sp³-hybridized carbons (Fsp3) is 1.00. The highest BCUT2D eigenvalue weighted by molar-refractivity contribution is 7.91. The number of aliphatic hydroxyl groups is 1. The average molecular weight is 237 g/mol. The molecule has 92 valence electrons. The molecule has 2 atom stereocenters. The summed E-state index contributed by atoms with van der Waals surface area (Å²) < 4.78 is 22.6. The lowest BCUT2D eigenvalue weighted by Crippen LogP contribution is -2.39. The first-order chi connectivity index (χ1) is 6.78. The first kappa shape index (κ1) is 14.9. The summed E-state index contributed by atoms with van der Waals surface area (Å²) in [5, 5.41) is 12.5. The molecule has 0 saturated heterocycles. The molecule has 0 fully saturated rings. The maximum Gasteiger partial charge on any atom is 0.151 e. The minimum absolute atomic E-state index is 0.108. The fourth-order valence-electron chi connectivity index (χ4n) is 1.12. The van der Waals surface area contributed by atoms with E-state index in [0.717, 1.165) is 0 Å². The van der Waals surface area contributed by atoms with Crippen LogP contribution in [0.25, 0.3) is 0 Å². The van der Waals surface area contributed by atoms with E-state index in [1.807, 2.05) is 20.8 Å². The third-order valence-electron chi connectivity index (χ3n) is 2.39. The van der Waals surface area contributed by atoms with Gasteiger partial charge in [-0.15, -0.1) is 0 Å². The maximum atomic E-state index is 11.3. The van der Waals surface area contributed by atoms with E-state index >= 15 is 0 Å². The first-order valence-electron chi connectivity index (χ1n) is 5.40. The number of hydrogen-bond acceptors (Lipinski definition) is 4. The summed E-state index contributed by atoms with van der Waals surface area (Å²) in [6.07, 6.45) is -0.420. The van der Waals surface area contributed by atoms with E-state index in [0.29, 0.717) is 6.54 Å². The monoisotopic (exact) mass is 237 g/mol. The minimum Gasteiger partial charge on any atom is -0.392 e. The predicted octanol–water partition coefficient (Wildman–Crippen LogP) is 0.416. The standard InChI is InChI=1S/C10H23NO3S/c1-5-15(13,14)7-9(4)11-6-10(12)8(2)3/h8-12H,5-7H2,1-4H3. The second-order valence-corrected chi connectivity index (χ2v) is 6.72. The zero-order chi connectivity index (χ0) is 12.1. The van der Waals surface area contributed by atoms with Gasteiger partial charge < -0.3 is 10.4 Å². The van der Waals surface area contributed by atoms with Crippen LogP contribution in [0.1, 0.15) is 27.7 Å². The molecule has 15 heavy (non-hydrogen) atoms. The molecular weight excluding hydrogens is 214 g/mol. The van der Waals surface area contributed by atoms with Crippen LogP contribution in [-0.2, 0) is 9.84 Å². The molecule has 0 heterocycles. The highest BCUT2D eigenvalue weighted by atomic mass is 32.2. The van der Waals surface area contributed by atoms with Gasteiger partial charge in [-0.25, -0.2) is 8.42 Å². The SMILES string of the molecule is CCS(=O)(=O)CC(C)NCC(O)C(C)C. The number of hydrogen-bond donors (Lipinski definition) is 2. The van der Waals surface area contributed by atoms with Gasteiger partial charge in [-0.1, -0.05) is 20.8 Å². The number of aliphatic hydroxyl groups excluding tert-OH is 1. The fourth-order valence-corrected chi connectivity index (χ4v) is 2.23. The van der Waals surface area contributed by atoms with Crippen molar-refractivity contribution < 1.29 is 13.5 Å². The van der Waals surface area contributed by atoms with Gasteiger partial charge in [-0.05, 0) is 12.8 Å². The second-order valence-electron chi connectivity index (χ2n) is 4.32. The van der Waals surface area contributed by atoms with Gasteiger partial charge in [0.1, 0.15) is 0 Å². The van der Waals surface area contributed by atoms with Crippen LogP contribution in [0.15, 0.2) is 0 Å². The van der Waals surface area contributed by atoms with Crippen molar-refractivity contribution >= 4 is 9.84 Å². The number of rotatable bonds is 7. The number of sulfone groups is 1. The molecule has 0 amide bonds. The topological polar surface area (TPSA) is 66.4 Å². The predicted molar refractivity (Wildman–Crippen MR) is 62.6 cm³/mol. The van der Waals surface area contributed by atoms with E-state index in [2.05, 4.69) is 5.32 Å². The summed E-state index contributed by atoms with van der Waals surface area (Å²) in [4.78, 5) is 0. The molecule has 0 saturated carbocycles. The molecule has 0 aliphatic heterocycles. The molecule has 0 rings (SSSR count). The van der Waals surface area contributed by atoms with E-state index in [4.69, 9.17) is 0 Å². The van der Waals surface area contributed by atoms with Crippen LogP contribution in [0.5, 0.6) is 0 Å². The van der Waals surface area contributed by atoms with Gasteiger partial charge in [0.15, 0.2) is 9.84 Å². The van der Waals surface area contributed by atoms with Crippen molar-refractivity contribution in [3.63, 3.8) is 0 Å². The van der Waals surface area contributed by atoms with E-state index in [1.54, 1.807) is 6.92 Å². The van der Waals surface area contributed by atoms with Gasteiger partial charge in [0.25, 0.3) is 0 Å². The summed E-state index contributed by atoms with van der Waals surface area (Å²) >= 11 is 0. The van der Waals surface area contributed by atoms with Crippen LogP contribution in [0.3, 0.4) is 0 Å². The Morgan fingerprint density at radius 1 is 1.27 bits per heavy atom. The third kappa shape index (κ3) is 6.87. The van der Waals surface area contributed by atoms with Crippen LogP contribution in [-0.4, -0.2) is 43.7 Å². The summed E-state index contributed by atoms with van der Waals surface area (Å²) in [6.45, 7) is 7.77. The Kier molecular flexibility index (Phi) is 6.40. The van der Waals surface area contributed by atoms with Gasteiger partial charge in [-0.2, -0.15) is 0 Å². The van der Waals surface area contributed by atoms with Crippen molar-refractivity contribution in [3.05, 3.63) is 0 Å². The van der Waals surface area contributed by atoms with Crippen LogP contribution in [0.2, 0.25) is 0 Å². The maximum absolute atomic E-state index is 11.3. The second kappa shape index (κ2) is 6.45. The molecule has 0 spiro atoms. The van der Waals surface area contributed by atoms with E-state index < -0.39 is 15.9 Å². The zero-order valence-electron chi connectivity index (χ0n) is 10.0. The highest BCUT2D eigenvalue weighted by Crippen LogP contribution is 2.00. The molecule has 0 bridgehead atoms. The average Bonchev–Trinajstić information content (AvgIpc) is 2.13. The molecule has 0 radical (unpaired) electrons. The van der Waals surface area contributed by atoms with Gasteiger partial charge in [0, 0.05) is 18.3 Å². The van der Waals surface area contributed by atoms with E-state index in [9.17, 15) is 13.5 Å². The lowest BCUT2D eigenvalue weighted by molar-refractivity contribution is 0.121. The molecule has 0 aromatic carbocycles. The van der Waals surface area contributed by atoms with Crippen molar-refractivity contribution in [1.29, 1.82) is 0 Å². The van der Waals surface area contributed by atoms with Gasteiger partial charge >= 0.3 is 0 Å². The third-order valence-corrected chi connectivity index (χ3v) is 4.28. The van der Waals surface area contributed by atoms with E-state index in [-0.39, 0.29) is 23.5 Å². The Labute approximate surface area is 93.0 Å². The molecular formula is C10H23NO3S. The molecule has 0 aromatic heterocycles. The number of nitrogens with one attached hydrogen (secondary N) is 1. The summed E-state index contributed by atoms with van der Waals surface area (Å²) in [5.74, 6) is 0.493. The lowest BCUT2D eigenvalue weighted by Gasteiger charge is -2.19. The molecule has 2 N–H and O–H groups in total. The Balaban J connectivity index is 3.90. The van der Waals surface area contributed by atoms with Gasteiger partial charge in [-0.3, -0.25) is 0 Å². The van der Waals surface area contributed by atoms with E-state index in [1.165, 1.54) is 0 Å². The van der Waals surface area contributed by atoms with Gasteiger partial charge in [0.2, 0.25) is 0 Å². The molecule has 0 aliphatic rings. The minimum atomic E-state index is -2.93. The molecule has 5 heteroatoms. The first-order valence-corrected chi connectivity index (χ1v) is 7.22. The zero-order valence-corrected chi connectivity index (χ0v) is 10.8.